The summed E-state index contributed by atoms with van der Waals surface area (Å²) in [5, 5.41) is 0.660. The van der Waals surface area contributed by atoms with Gasteiger partial charge in [0.2, 0.25) is 0 Å². The van der Waals surface area contributed by atoms with Crippen LogP contribution in [0.5, 0.6) is 0 Å². The number of hydrogen-bond acceptors (Lipinski definition) is 2. The van der Waals surface area contributed by atoms with Gasteiger partial charge in [-0.05, 0) is 28.8 Å². The van der Waals surface area contributed by atoms with Gasteiger partial charge in [-0.25, -0.2) is 4.79 Å². The van der Waals surface area contributed by atoms with E-state index in [1.165, 1.54) is 0 Å². The molecule has 1 atom stereocenters. The molecule has 0 saturated carbocycles. The molecule has 4 heteroatoms. The molecule has 2 aromatic carbocycles. The van der Waals surface area contributed by atoms with Crippen molar-refractivity contribution >= 4 is 17.7 Å². The Hall–Kier alpha value is -2.00. The summed E-state index contributed by atoms with van der Waals surface area (Å²) in [6.07, 6.45) is -0.328. The standard InChI is InChI=1S/C16H14ClNO2/c1-18-15(11-5-3-2-4-6-11)14-9-13(17)8-7-12(14)10-20-16(18)19/h2-9,15H,10H2,1H3. The predicted octanol–water partition coefficient (Wildman–Crippen LogP) is 4.01. The summed E-state index contributed by atoms with van der Waals surface area (Å²) < 4.78 is 5.28. The van der Waals surface area contributed by atoms with Gasteiger partial charge in [-0.3, -0.25) is 0 Å². The zero-order chi connectivity index (χ0) is 14.1. The normalized spacial score (nSPS) is 18.2. The number of nitrogens with zero attached hydrogens (tertiary/aromatic N) is 1. The predicted molar refractivity (Wildman–Crippen MR) is 77.7 cm³/mol. The Labute approximate surface area is 122 Å². The van der Waals surface area contributed by atoms with Crippen molar-refractivity contribution in [2.75, 3.05) is 7.05 Å². The Bertz CT molecular complexity index is 642. The first-order valence-corrected chi connectivity index (χ1v) is 6.77. The second-order valence-electron chi connectivity index (χ2n) is 4.82. The molecule has 3 rings (SSSR count). The first-order valence-electron chi connectivity index (χ1n) is 6.39. The van der Waals surface area contributed by atoms with E-state index in [2.05, 4.69) is 0 Å². The molecule has 20 heavy (non-hydrogen) atoms. The third-order valence-electron chi connectivity index (χ3n) is 3.54. The van der Waals surface area contributed by atoms with Gasteiger partial charge in [0.15, 0.2) is 0 Å². The zero-order valence-corrected chi connectivity index (χ0v) is 11.8. The van der Waals surface area contributed by atoms with Crippen molar-refractivity contribution in [1.82, 2.24) is 4.90 Å². The van der Waals surface area contributed by atoms with E-state index < -0.39 is 0 Å². The van der Waals surface area contributed by atoms with Crippen LogP contribution in [0, 0.1) is 0 Å². The van der Waals surface area contributed by atoms with Crippen LogP contribution in [-0.4, -0.2) is 18.0 Å². The molecule has 0 radical (unpaired) electrons. The molecule has 0 bridgehead atoms. The van der Waals surface area contributed by atoms with E-state index in [4.69, 9.17) is 16.3 Å². The number of halogens is 1. The lowest BCUT2D eigenvalue weighted by Gasteiger charge is -2.26. The number of benzene rings is 2. The van der Waals surface area contributed by atoms with Gasteiger partial charge in [0.25, 0.3) is 0 Å². The maximum absolute atomic E-state index is 12.0. The average molecular weight is 288 g/mol. The molecule has 1 aliphatic heterocycles. The Morgan fingerprint density at radius 3 is 2.70 bits per heavy atom. The number of cyclic esters (lactones) is 1. The largest absolute Gasteiger partial charge is 0.445 e. The van der Waals surface area contributed by atoms with Crippen LogP contribution in [0.4, 0.5) is 4.79 Å². The van der Waals surface area contributed by atoms with Crippen molar-refractivity contribution in [3.8, 4) is 0 Å². The summed E-state index contributed by atoms with van der Waals surface area (Å²) in [6, 6.07) is 15.4. The van der Waals surface area contributed by atoms with Crippen molar-refractivity contribution in [2.45, 2.75) is 12.6 Å². The quantitative estimate of drug-likeness (QED) is 0.793. The van der Waals surface area contributed by atoms with Crippen LogP contribution in [0.25, 0.3) is 0 Å². The Kier molecular flexibility index (Phi) is 3.36. The molecule has 0 spiro atoms. The van der Waals surface area contributed by atoms with Gasteiger partial charge < -0.3 is 9.64 Å². The molecule has 0 fully saturated rings. The van der Waals surface area contributed by atoms with Crippen LogP contribution < -0.4 is 0 Å². The van der Waals surface area contributed by atoms with Crippen molar-refractivity contribution in [2.24, 2.45) is 0 Å². The molecule has 1 amide bonds. The van der Waals surface area contributed by atoms with E-state index in [9.17, 15) is 4.79 Å². The van der Waals surface area contributed by atoms with Crippen LogP contribution >= 0.6 is 11.6 Å². The average Bonchev–Trinajstić information content (AvgIpc) is 2.58. The summed E-state index contributed by atoms with van der Waals surface area (Å²) in [7, 11) is 1.75. The maximum atomic E-state index is 12.0. The lowest BCUT2D eigenvalue weighted by atomic mass is 9.94. The fourth-order valence-electron chi connectivity index (χ4n) is 2.55. The molecule has 1 heterocycles. The maximum Gasteiger partial charge on any atom is 0.410 e. The Morgan fingerprint density at radius 2 is 1.95 bits per heavy atom. The number of carbonyl (C=O) groups excluding carboxylic acids is 1. The molecule has 0 aromatic heterocycles. The highest BCUT2D eigenvalue weighted by atomic mass is 35.5. The molecule has 0 saturated heterocycles. The fraction of sp³-hybridized carbons (Fsp3) is 0.188. The highest BCUT2D eigenvalue weighted by molar-refractivity contribution is 6.30. The lowest BCUT2D eigenvalue weighted by Crippen LogP contribution is -2.30. The van der Waals surface area contributed by atoms with Gasteiger partial charge in [0, 0.05) is 12.1 Å². The highest BCUT2D eigenvalue weighted by Crippen LogP contribution is 2.34. The zero-order valence-electron chi connectivity index (χ0n) is 11.0. The minimum Gasteiger partial charge on any atom is -0.445 e. The van der Waals surface area contributed by atoms with E-state index in [1.54, 1.807) is 11.9 Å². The third-order valence-corrected chi connectivity index (χ3v) is 3.78. The van der Waals surface area contributed by atoms with Gasteiger partial charge in [0.1, 0.15) is 6.61 Å². The van der Waals surface area contributed by atoms with E-state index >= 15 is 0 Å². The molecular formula is C16H14ClNO2. The highest BCUT2D eigenvalue weighted by Gasteiger charge is 2.29. The molecule has 3 nitrogen and oxygen atoms in total. The first kappa shape index (κ1) is 13.0. The Balaban J connectivity index is 2.18. The van der Waals surface area contributed by atoms with Crippen LogP contribution in [0.15, 0.2) is 48.5 Å². The minimum atomic E-state index is -0.328. The van der Waals surface area contributed by atoms with Crippen molar-refractivity contribution in [3.05, 3.63) is 70.2 Å². The molecule has 1 unspecified atom stereocenters. The minimum absolute atomic E-state index is 0.181. The number of ether oxygens (including phenoxy) is 1. The molecule has 1 aliphatic rings. The second-order valence-corrected chi connectivity index (χ2v) is 5.26. The van der Waals surface area contributed by atoms with E-state index in [1.807, 2.05) is 48.5 Å². The number of rotatable bonds is 1. The van der Waals surface area contributed by atoms with Crippen molar-refractivity contribution in [3.63, 3.8) is 0 Å². The molecule has 0 aliphatic carbocycles. The molecule has 2 aromatic rings. The van der Waals surface area contributed by atoms with Crippen LogP contribution in [0.2, 0.25) is 5.02 Å². The molecule has 0 N–H and O–H groups in total. The SMILES string of the molecule is CN1C(=O)OCc2ccc(Cl)cc2C1c1ccccc1. The topological polar surface area (TPSA) is 29.5 Å². The van der Waals surface area contributed by atoms with Crippen LogP contribution in [-0.2, 0) is 11.3 Å². The fourth-order valence-corrected chi connectivity index (χ4v) is 2.73. The van der Waals surface area contributed by atoms with Gasteiger partial charge in [-0.2, -0.15) is 0 Å². The molecule has 102 valence electrons. The second kappa shape index (κ2) is 5.17. The van der Waals surface area contributed by atoms with Gasteiger partial charge in [-0.15, -0.1) is 0 Å². The first-order chi connectivity index (χ1) is 9.66. The van der Waals surface area contributed by atoms with Crippen LogP contribution in [0.3, 0.4) is 0 Å². The summed E-state index contributed by atoms with van der Waals surface area (Å²) in [5.41, 5.74) is 3.04. The third kappa shape index (κ3) is 2.25. The van der Waals surface area contributed by atoms with Gasteiger partial charge in [0.05, 0.1) is 6.04 Å². The number of carbonyl (C=O) groups is 1. The number of amides is 1. The number of fused-ring (bicyclic) bond motifs is 1. The van der Waals surface area contributed by atoms with E-state index in [0.717, 1.165) is 16.7 Å². The van der Waals surface area contributed by atoms with Crippen molar-refractivity contribution in [1.29, 1.82) is 0 Å². The summed E-state index contributed by atoms with van der Waals surface area (Å²) in [5.74, 6) is 0. The smallest absolute Gasteiger partial charge is 0.410 e. The van der Waals surface area contributed by atoms with Crippen molar-refractivity contribution < 1.29 is 9.53 Å². The summed E-state index contributed by atoms with van der Waals surface area (Å²) in [6.45, 7) is 0.277. The lowest BCUT2D eigenvalue weighted by molar-refractivity contribution is 0.104. The van der Waals surface area contributed by atoms with E-state index in [0.29, 0.717) is 5.02 Å². The number of hydrogen-bond donors (Lipinski definition) is 0. The summed E-state index contributed by atoms with van der Waals surface area (Å²) in [4.78, 5) is 13.6. The van der Waals surface area contributed by atoms with E-state index in [-0.39, 0.29) is 18.7 Å². The molecular weight excluding hydrogens is 274 g/mol. The Morgan fingerprint density at radius 1 is 1.20 bits per heavy atom. The summed E-state index contributed by atoms with van der Waals surface area (Å²) >= 11 is 6.12. The van der Waals surface area contributed by atoms with Gasteiger partial charge in [-0.1, -0.05) is 48.0 Å². The monoisotopic (exact) mass is 287 g/mol. The van der Waals surface area contributed by atoms with Gasteiger partial charge >= 0.3 is 6.09 Å². The van der Waals surface area contributed by atoms with Crippen LogP contribution in [0.1, 0.15) is 22.7 Å².